The Hall–Kier alpha value is -3.01. The molecule has 1 saturated heterocycles. The molecule has 1 aromatic carbocycles. The monoisotopic (exact) mass is 455 g/mol. The molecular weight excluding hydrogens is 438 g/mol. The van der Waals surface area contributed by atoms with Gasteiger partial charge in [-0.25, -0.2) is 4.98 Å². The first kappa shape index (κ1) is 19.9. The minimum absolute atomic E-state index is 0.0942. The summed E-state index contributed by atoms with van der Waals surface area (Å²) in [5, 5.41) is 19.1. The van der Waals surface area contributed by atoms with Crippen molar-refractivity contribution in [3.05, 3.63) is 55.6 Å². The van der Waals surface area contributed by atoms with Crippen LogP contribution in [0.15, 0.2) is 45.5 Å². The van der Waals surface area contributed by atoms with Gasteiger partial charge in [0, 0.05) is 43.0 Å². The molecule has 2 aliphatic heterocycles. The Morgan fingerprint density at radius 2 is 2.00 bits per heavy atom. The van der Waals surface area contributed by atoms with E-state index in [2.05, 4.69) is 20.1 Å². The molecule has 0 radical (unpaired) electrons. The molecule has 0 atom stereocenters. The number of aromatic nitrogens is 2. The number of nitrogens with zero attached hydrogens (tertiary/aromatic N) is 5. The zero-order valence-corrected chi connectivity index (χ0v) is 18.2. The number of hydrogen-bond donors (Lipinski definition) is 1. The zero-order valence-electron chi connectivity index (χ0n) is 16.6. The lowest BCUT2D eigenvalue weighted by Crippen LogP contribution is -2.36. The number of benzene rings is 1. The fourth-order valence-corrected chi connectivity index (χ4v) is 4.62. The molecule has 1 N–H and O–H groups in total. The van der Waals surface area contributed by atoms with E-state index in [4.69, 9.17) is 16.3 Å². The van der Waals surface area contributed by atoms with E-state index in [1.54, 1.807) is 18.3 Å². The van der Waals surface area contributed by atoms with Gasteiger partial charge in [0.2, 0.25) is 5.88 Å². The number of pyridine rings is 1. The molecule has 8 nitrogen and oxygen atoms in total. The number of anilines is 1. The fraction of sp³-hybridized carbons (Fsp3) is 0.238. The molecule has 158 valence electrons. The van der Waals surface area contributed by atoms with Crippen molar-refractivity contribution in [3.8, 4) is 17.0 Å². The summed E-state index contributed by atoms with van der Waals surface area (Å²) in [6, 6.07) is 7.65. The van der Waals surface area contributed by atoms with E-state index in [0.717, 1.165) is 46.9 Å². The molecule has 0 spiro atoms. The smallest absolute Gasteiger partial charge is 0.310 e. The largest absolute Gasteiger partial charge is 0.493 e. The molecule has 2 aliphatic rings. The van der Waals surface area contributed by atoms with Gasteiger partial charge in [0.1, 0.15) is 5.82 Å². The Labute approximate surface area is 186 Å². The van der Waals surface area contributed by atoms with Gasteiger partial charge in [0.15, 0.2) is 0 Å². The number of hydrogen-bond acceptors (Lipinski definition) is 8. The molecule has 0 bridgehead atoms. The molecule has 5 rings (SSSR count). The third-order valence-electron chi connectivity index (χ3n) is 5.30. The molecule has 3 aromatic rings. The first-order chi connectivity index (χ1) is 15.0. The number of morpholine rings is 1. The van der Waals surface area contributed by atoms with Crippen molar-refractivity contribution in [1.82, 2.24) is 9.55 Å². The lowest BCUT2D eigenvalue weighted by Gasteiger charge is -2.27. The third kappa shape index (κ3) is 3.65. The number of halogens is 1. The van der Waals surface area contributed by atoms with Crippen molar-refractivity contribution < 1.29 is 9.84 Å². The minimum Gasteiger partial charge on any atom is -0.493 e. The van der Waals surface area contributed by atoms with Crippen LogP contribution < -0.4 is 9.77 Å². The summed E-state index contributed by atoms with van der Waals surface area (Å²) in [7, 11) is 1.52. The van der Waals surface area contributed by atoms with Crippen LogP contribution >= 0.6 is 22.9 Å². The highest BCUT2D eigenvalue weighted by atomic mass is 35.5. The van der Waals surface area contributed by atoms with Gasteiger partial charge < -0.3 is 14.7 Å². The predicted octanol–water partition coefficient (Wildman–Crippen LogP) is 4.30. The fourth-order valence-electron chi connectivity index (χ4n) is 3.54. The number of aromatic hydroxyl groups is 1. The van der Waals surface area contributed by atoms with Crippen molar-refractivity contribution >= 4 is 46.2 Å². The maximum Gasteiger partial charge on any atom is 0.310 e. The number of fused-ring (bicyclic) bond motifs is 1. The van der Waals surface area contributed by atoms with Crippen molar-refractivity contribution in [3.63, 3.8) is 0 Å². The summed E-state index contributed by atoms with van der Waals surface area (Å²) in [6.45, 7) is 3.05. The van der Waals surface area contributed by atoms with Crippen molar-refractivity contribution in [2.24, 2.45) is 17.3 Å². The summed E-state index contributed by atoms with van der Waals surface area (Å²) in [4.78, 5) is 18.8. The maximum atomic E-state index is 11.8. The Morgan fingerprint density at radius 3 is 2.68 bits per heavy atom. The summed E-state index contributed by atoms with van der Waals surface area (Å²) < 4.78 is 6.59. The van der Waals surface area contributed by atoms with E-state index in [1.807, 2.05) is 18.2 Å². The Morgan fingerprint density at radius 1 is 1.19 bits per heavy atom. The quantitative estimate of drug-likeness (QED) is 0.635. The van der Waals surface area contributed by atoms with Crippen molar-refractivity contribution in [2.45, 2.75) is 0 Å². The van der Waals surface area contributed by atoms with Gasteiger partial charge >= 0.3 is 4.87 Å². The van der Waals surface area contributed by atoms with Crippen molar-refractivity contribution in [1.29, 1.82) is 0 Å². The van der Waals surface area contributed by atoms with Crippen LogP contribution in [-0.4, -0.2) is 41.0 Å². The Bertz CT molecular complexity index is 1270. The number of thiazole rings is 1. The molecule has 0 amide bonds. The van der Waals surface area contributed by atoms with Gasteiger partial charge in [-0.15, -0.1) is 10.2 Å². The molecule has 0 aliphatic carbocycles. The van der Waals surface area contributed by atoms with Crippen LogP contribution in [0, 0.1) is 0 Å². The summed E-state index contributed by atoms with van der Waals surface area (Å²) in [6.07, 6.45) is 3.47. The zero-order chi connectivity index (χ0) is 21.5. The Balaban J connectivity index is 1.50. The van der Waals surface area contributed by atoms with Crippen LogP contribution in [0.25, 0.3) is 22.9 Å². The number of ether oxygens (including phenoxy) is 1. The van der Waals surface area contributed by atoms with Gasteiger partial charge in [-0.1, -0.05) is 22.9 Å². The Kier molecular flexibility index (Phi) is 5.09. The van der Waals surface area contributed by atoms with Gasteiger partial charge in [-0.05, 0) is 30.3 Å². The van der Waals surface area contributed by atoms with Crippen molar-refractivity contribution in [2.75, 3.05) is 31.2 Å². The lowest BCUT2D eigenvalue weighted by molar-refractivity contribution is 0.122. The van der Waals surface area contributed by atoms with E-state index in [-0.39, 0.29) is 10.8 Å². The topological polar surface area (TPSA) is 92.3 Å². The molecule has 0 saturated carbocycles. The summed E-state index contributed by atoms with van der Waals surface area (Å²) in [5.74, 6) is 0.813. The highest BCUT2D eigenvalue weighted by Gasteiger charge is 2.20. The maximum absolute atomic E-state index is 11.8. The predicted molar refractivity (Wildman–Crippen MR) is 121 cm³/mol. The van der Waals surface area contributed by atoms with E-state index < -0.39 is 0 Å². The van der Waals surface area contributed by atoms with Crippen LogP contribution in [0.3, 0.4) is 0 Å². The van der Waals surface area contributed by atoms with E-state index in [9.17, 15) is 9.90 Å². The second kappa shape index (κ2) is 7.92. The summed E-state index contributed by atoms with van der Waals surface area (Å²) >= 11 is 7.48. The second-order valence-corrected chi connectivity index (χ2v) is 8.60. The first-order valence-corrected chi connectivity index (χ1v) is 10.9. The lowest BCUT2D eigenvalue weighted by atomic mass is 10.0. The normalized spacial score (nSPS) is 16.8. The van der Waals surface area contributed by atoms with Gasteiger partial charge in [0.05, 0.1) is 34.5 Å². The van der Waals surface area contributed by atoms with E-state index >= 15 is 0 Å². The minimum atomic E-state index is -0.247. The van der Waals surface area contributed by atoms with Crippen LogP contribution in [0.4, 0.5) is 11.5 Å². The molecule has 0 unspecified atom stereocenters. The molecule has 10 heteroatoms. The van der Waals surface area contributed by atoms with Gasteiger partial charge in [0.25, 0.3) is 0 Å². The summed E-state index contributed by atoms with van der Waals surface area (Å²) in [5.41, 5.74) is 3.66. The number of rotatable bonds is 3. The van der Waals surface area contributed by atoms with Gasteiger partial charge in [-0.3, -0.25) is 9.36 Å². The van der Waals surface area contributed by atoms with E-state index in [0.29, 0.717) is 34.5 Å². The highest BCUT2D eigenvalue weighted by molar-refractivity contribution is 7.10. The average Bonchev–Trinajstić information content (AvgIpc) is 3.29. The third-order valence-corrected chi connectivity index (χ3v) is 6.58. The second-order valence-electron chi connectivity index (χ2n) is 7.20. The van der Waals surface area contributed by atoms with Crippen LogP contribution in [0.1, 0.15) is 10.4 Å². The molecule has 1 fully saturated rings. The standard InChI is InChI=1S/C21H18ClN5O3S/c1-26-20(28)18(31-21(26)29)10-17-14-8-13(15(22)9-16(14)24-25-17)12-2-3-19(23-11-12)27-4-6-30-7-5-27/h2-3,8-11,28H,4-7H2,1H3/b17-10-. The molecule has 31 heavy (non-hydrogen) atoms. The SMILES string of the molecule is Cn1c(O)c(/C=C2\N=Nc3cc(Cl)c(-c4ccc(N5CCOCC5)nc4)cc32)sc1=O. The van der Waals surface area contributed by atoms with Gasteiger partial charge in [-0.2, -0.15) is 0 Å². The van der Waals surface area contributed by atoms with E-state index in [1.165, 1.54) is 11.6 Å². The van der Waals surface area contributed by atoms with Crippen LogP contribution in [0.5, 0.6) is 5.88 Å². The number of azo groups is 1. The highest BCUT2D eigenvalue weighted by Crippen LogP contribution is 2.43. The average molecular weight is 456 g/mol. The van der Waals surface area contributed by atoms with Crippen LogP contribution in [0.2, 0.25) is 5.02 Å². The van der Waals surface area contributed by atoms with Crippen LogP contribution in [-0.2, 0) is 11.8 Å². The molecule has 2 aromatic heterocycles. The molecule has 4 heterocycles. The molecular formula is C21H18ClN5O3S. The first-order valence-electron chi connectivity index (χ1n) is 9.66.